The Morgan fingerprint density at radius 1 is 0.643 bits per heavy atom. The number of hydrogen-bond donors (Lipinski definition) is 3. The van der Waals surface area contributed by atoms with Crippen LogP contribution in [-0.2, 0) is 0 Å². The molecule has 0 saturated carbocycles. The van der Waals surface area contributed by atoms with E-state index in [4.69, 9.17) is 59.0 Å². The maximum atomic E-state index is 10.5. The van der Waals surface area contributed by atoms with E-state index in [1.54, 1.807) is 0 Å². The number of benzene rings is 2. The van der Waals surface area contributed by atoms with Crippen LogP contribution in [0.5, 0.6) is 17.2 Å². The van der Waals surface area contributed by atoms with Gasteiger partial charge >= 0.3 is 0 Å². The smallest absolute Gasteiger partial charge is 0.227 e. The minimum Gasteiger partial charge on any atom is -0.509 e. The van der Waals surface area contributed by atoms with E-state index in [2.05, 4.69) is 15.0 Å². The quantitative estimate of drug-likeness (QED) is 0.277. The van der Waals surface area contributed by atoms with Crippen molar-refractivity contribution in [2.24, 2.45) is 0 Å². The molecule has 0 fully saturated rings. The summed E-state index contributed by atoms with van der Waals surface area (Å²) in [5, 5.41) is 30.5. The third kappa shape index (κ3) is 2.46. The highest BCUT2D eigenvalue weighted by Crippen LogP contribution is 2.43. The van der Waals surface area contributed by atoms with Crippen molar-refractivity contribution in [3.8, 4) is 28.6 Å². The molecule has 4 aromatic rings. The normalized spacial score (nSPS) is 11.5. The van der Waals surface area contributed by atoms with Crippen LogP contribution in [0.3, 0.4) is 0 Å². The van der Waals surface area contributed by atoms with Gasteiger partial charge in [-0.25, -0.2) is 0 Å². The molecule has 0 saturated heterocycles. The number of phenolic OH excluding ortho intramolecular Hbond substituents is 3. The number of hydrogen-bond acceptors (Lipinski definition) is 7. The third-order valence-corrected chi connectivity index (χ3v) is 4.58. The second-order valence-electron chi connectivity index (χ2n) is 5.78. The zero-order chi connectivity index (χ0) is 20.5. The molecule has 0 bridgehead atoms. The van der Waals surface area contributed by atoms with Crippen molar-refractivity contribution in [3.63, 3.8) is 0 Å². The first-order valence-electron chi connectivity index (χ1n) is 7.45. The Labute approximate surface area is 172 Å². The Hall–Kier alpha value is -2.51. The molecular weight excluding hydrogens is 400 g/mol. The molecule has 0 spiro atoms. The number of furan rings is 1. The molecule has 13 heteroatoms. The molecule has 2 aromatic heterocycles. The molecule has 4 rings (SSSR count). The summed E-state index contributed by atoms with van der Waals surface area (Å²) in [6.07, 6.45) is 0. The fourth-order valence-electron chi connectivity index (χ4n) is 2.94. The van der Waals surface area contributed by atoms with Gasteiger partial charge in [-0.05, 0) is 34.1 Å². The molecule has 128 valence electrons. The van der Waals surface area contributed by atoms with Crippen LogP contribution in [0.15, 0.2) is 4.42 Å². The summed E-state index contributed by atoms with van der Waals surface area (Å²) in [4.78, 5) is 11.4. The standard InChI is InChI=1S/C15H3B4Cl2N3O4/c16-4-2-1-5(17)10(27)8(25)3(13-22-14(20)24-15(21)23-13)11(1)28-12(2)7(19)6(18)9(4)26/h25-27H. The van der Waals surface area contributed by atoms with Crippen LogP contribution in [-0.4, -0.2) is 61.7 Å². The lowest BCUT2D eigenvalue weighted by molar-refractivity contribution is 0.408. The molecule has 0 aliphatic carbocycles. The van der Waals surface area contributed by atoms with Crippen molar-refractivity contribution in [2.45, 2.75) is 0 Å². The highest BCUT2D eigenvalue weighted by atomic mass is 35.5. The van der Waals surface area contributed by atoms with E-state index >= 15 is 0 Å². The Morgan fingerprint density at radius 2 is 1.18 bits per heavy atom. The molecule has 0 aliphatic rings. The highest BCUT2D eigenvalue weighted by Gasteiger charge is 2.27. The topological polar surface area (TPSA) is 113 Å². The van der Waals surface area contributed by atoms with Gasteiger partial charge in [-0.1, -0.05) is 10.9 Å². The second-order valence-corrected chi connectivity index (χ2v) is 6.46. The average molecular weight is 403 g/mol. The molecule has 3 N–H and O–H groups in total. The lowest BCUT2D eigenvalue weighted by Gasteiger charge is -2.11. The van der Waals surface area contributed by atoms with Gasteiger partial charge in [0, 0.05) is 10.8 Å². The lowest BCUT2D eigenvalue weighted by Crippen LogP contribution is -2.31. The van der Waals surface area contributed by atoms with Gasteiger partial charge in [0.15, 0.2) is 17.3 Å². The molecule has 2 aromatic carbocycles. The van der Waals surface area contributed by atoms with Crippen LogP contribution in [0.2, 0.25) is 10.6 Å². The zero-order valence-electron chi connectivity index (χ0n) is 13.7. The van der Waals surface area contributed by atoms with Crippen LogP contribution in [0.4, 0.5) is 0 Å². The van der Waals surface area contributed by atoms with Crippen LogP contribution < -0.4 is 21.9 Å². The summed E-state index contributed by atoms with van der Waals surface area (Å²) in [7, 11) is 23.6. The molecule has 2 heterocycles. The fraction of sp³-hybridized carbons (Fsp3) is 0. The maximum Gasteiger partial charge on any atom is 0.227 e. The maximum absolute atomic E-state index is 10.5. The van der Waals surface area contributed by atoms with Crippen LogP contribution in [0.1, 0.15) is 0 Å². The van der Waals surface area contributed by atoms with Crippen LogP contribution in [0.25, 0.3) is 33.3 Å². The number of phenols is 3. The molecule has 0 aliphatic heterocycles. The summed E-state index contributed by atoms with van der Waals surface area (Å²) in [5.74, 6) is -2.09. The molecule has 28 heavy (non-hydrogen) atoms. The van der Waals surface area contributed by atoms with E-state index in [1.165, 1.54) is 0 Å². The summed E-state index contributed by atoms with van der Waals surface area (Å²) >= 11 is 11.6. The monoisotopic (exact) mass is 403 g/mol. The van der Waals surface area contributed by atoms with Crippen molar-refractivity contribution < 1.29 is 19.7 Å². The first kappa shape index (κ1) is 18.8. The van der Waals surface area contributed by atoms with Gasteiger partial charge in [0.05, 0.1) is 0 Å². The molecular formula is C15H3B4Cl2N3O4. The summed E-state index contributed by atoms with van der Waals surface area (Å²) < 4.78 is 5.75. The fourth-order valence-corrected chi connectivity index (χ4v) is 3.30. The van der Waals surface area contributed by atoms with Gasteiger partial charge in [-0.3, -0.25) is 0 Å². The van der Waals surface area contributed by atoms with Gasteiger partial charge in [-0.2, -0.15) is 15.0 Å². The Bertz CT molecular complexity index is 1310. The van der Waals surface area contributed by atoms with Gasteiger partial charge in [0.2, 0.25) is 10.6 Å². The molecule has 0 amide bonds. The average Bonchev–Trinajstić information content (AvgIpc) is 3.02. The first-order chi connectivity index (χ1) is 13.1. The van der Waals surface area contributed by atoms with Crippen molar-refractivity contribution in [2.75, 3.05) is 0 Å². The molecule has 7 nitrogen and oxygen atoms in total. The highest BCUT2D eigenvalue weighted by molar-refractivity contribution is 6.59. The van der Waals surface area contributed by atoms with Gasteiger partial charge in [0.25, 0.3) is 0 Å². The number of nitrogens with zero attached hydrogens (tertiary/aromatic N) is 3. The van der Waals surface area contributed by atoms with E-state index in [-0.39, 0.29) is 65.7 Å². The van der Waals surface area contributed by atoms with Gasteiger partial charge in [-0.15, -0.1) is 0 Å². The van der Waals surface area contributed by atoms with Crippen LogP contribution >= 0.6 is 23.2 Å². The largest absolute Gasteiger partial charge is 0.509 e. The number of fused-ring (bicyclic) bond motifs is 3. The minimum absolute atomic E-state index is 0.0213. The first-order valence-corrected chi connectivity index (χ1v) is 8.21. The van der Waals surface area contributed by atoms with E-state index in [9.17, 15) is 15.3 Å². The zero-order valence-corrected chi connectivity index (χ0v) is 15.2. The van der Waals surface area contributed by atoms with Gasteiger partial charge < -0.3 is 19.7 Å². The number of aromatic nitrogens is 3. The van der Waals surface area contributed by atoms with E-state index < -0.39 is 17.2 Å². The lowest BCUT2D eigenvalue weighted by atomic mass is 9.73. The number of halogens is 2. The summed E-state index contributed by atoms with van der Waals surface area (Å²) in [6.45, 7) is 0. The van der Waals surface area contributed by atoms with Crippen LogP contribution in [0, 0.1) is 0 Å². The van der Waals surface area contributed by atoms with Crippen molar-refractivity contribution in [1.82, 2.24) is 15.0 Å². The predicted octanol–water partition coefficient (Wildman–Crippen LogP) is -0.963. The van der Waals surface area contributed by atoms with Crippen molar-refractivity contribution in [1.29, 1.82) is 0 Å². The Kier molecular flexibility index (Phi) is 4.21. The van der Waals surface area contributed by atoms with E-state index in [1.807, 2.05) is 0 Å². The second kappa shape index (κ2) is 6.25. The van der Waals surface area contributed by atoms with E-state index in [0.29, 0.717) is 0 Å². The SMILES string of the molecule is [B]c1c(O)c([B])c2c(oc3c(-c4nc(Cl)nc(Cl)n4)c(O)c(O)c([B])c32)c1[B]. The van der Waals surface area contributed by atoms with Crippen molar-refractivity contribution >= 4 is 98.4 Å². The minimum atomic E-state index is -0.702. The number of aromatic hydroxyl groups is 3. The van der Waals surface area contributed by atoms with E-state index in [0.717, 1.165) is 0 Å². The third-order valence-electron chi connectivity index (χ3n) is 4.24. The predicted molar refractivity (Wildman–Crippen MR) is 109 cm³/mol. The Morgan fingerprint density at radius 3 is 1.79 bits per heavy atom. The number of rotatable bonds is 1. The molecule has 0 atom stereocenters. The molecule has 0 unspecified atom stereocenters. The Balaban J connectivity index is 2.30. The van der Waals surface area contributed by atoms with Crippen molar-refractivity contribution in [3.05, 3.63) is 10.6 Å². The summed E-state index contributed by atoms with van der Waals surface area (Å²) in [6, 6.07) is 0. The summed E-state index contributed by atoms with van der Waals surface area (Å²) in [5.41, 5.74) is -1.10. The van der Waals surface area contributed by atoms with Gasteiger partial charge in [0.1, 0.15) is 53.9 Å². The molecule has 8 radical (unpaired) electrons.